The van der Waals surface area contributed by atoms with E-state index in [9.17, 15) is 4.79 Å². The molecule has 1 saturated heterocycles. The molecule has 6 heteroatoms. The molecule has 1 N–H and O–H groups in total. The topological polar surface area (TPSA) is 59.9 Å². The number of benzene rings is 1. The van der Waals surface area contributed by atoms with Gasteiger partial charge in [0.05, 0.1) is 5.71 Å². The van der Waals surface area contributed by atoms with Gasteiger partial charge in [-0.25, -0.2) is 0 Å². The molecule has 0 bridgehead atoms. The maximum absolute atomic E-state index is 12.1. The third-order valence-corrected chi connectivity index (χ3v) is 4.50. The van der Waals surface area contributed by atoms with Crippen molar-refractivity contribution >= 4 is 23.2 Å². The number of nitrogens with one attached hydrogen (secondary N) is 1. The largest absolute Gasteiger partial charge is 0.382 e. The highest BCUT2D eigenvalue weighted by molar-refractivity contribution is 6.30. The zero-order valence-corrected chi connectivity index (χ0v) is 13.7. The summed E-state index contributed by atoms with van der Waals surface area (Å²) >= 11 is 5.87. The molecular formula is C17H21ClN2O3. The van der Waals surface area contributed by atoms with Crippen LogP contribution in [-0.4, -0.2) is 37.5 Å². The molecule has 2 aliphatic heterocycles. The van der Waals surface area contributed by atoms with Gasteiger partial charge in [-0.3, -0.25) is 4.79 Å². The third kappa shape index (κ3) is 4.45. The quantitative estimate of drug-likeness (QED) is 0.813. The predicted octanol–water partition coefficient (Wildman–Crippen LogP) is 2.77. The molecule has 0 radical (unpaired) electrons. The minimum Gasteiger partial charge on any atom is -0.382 e. The summed E-state index contributed by atoms with van der Waals surface area (Å²) in [6.07, 6.45) is 3.16. The lowest BCUT2D eigenvalue weighted by atomic mass is 10.0. The maximum Gasteiger partial charge on any atom is 0.264 e. The van der Waals surface area contributed by atoms with Crippen LogP contribution in [-0.2, 0) is 14.4 Å². The molecule has 23 heavy (non-hydrogen) atoms. The fraction of sp³-hybridized carbons (Fsp3) is 0.529. The van der Waals surface area contributed by atoms with E-state index in [1.165, 1.54) is 0 Å². The SMILES string of the molecule is O=C(NCCC[C@@H]1CCOC1)[C@@H]1CC(c2ccc(Cl)cc2)=NO1. The number of amides is 1. The fourth-order valence-electron chi connectivity index (χ4n) is 2.86. The minimum absolute atomic E-state index is 0.0969. The van der Waals surface area contributed by atoms with Crippen LogP contribution < -0.4 is 5.32 Å². The number of halogens is 1. The Morgan fingerprint density at radius 2 is 2.17 bits per heavy atom. The van der Waals surface area contributed by atoms with E-state index >= 15 is 0 Å². The van der Waals surface area contributed by atoms with Gasteiger partial charge in [-0.05, 0) is 42.9 Å². The number of carbonyl (C=O) groups excluding carboxylic acids is 1. The van der Waals surface area contributed by atoms with Crippen LogP contribution in [0.1, 0.15) is 31.2 Å². The first kappa shape index (κ1) is 16.3. The molecule has 0 aliphatic carbocycles. The molecular weight excluding hydrogens is 316 g/mol. The van der Waals surface area contributed by atoms with Crippen molar-refractivity contribution in [2.45, 2.75) is 31.8 Å². The number of nitrogens with zero attached hydrogens (tertiary/aromatic N) is 1. The van der Waals surface area contributed by atoms with Gasteiger partial charge in [-0.15, -0.1) is 0 Å². The number of hydrogen-bond donors (Lipinski definition) is 1. The first-order valence-corrected chi connectivity index (χ1v) is 8.44. The van der Waals surface area contributed by atoms with E-state index in [1.54, 1.807) is 12.1 Å². The highest BCUT2D eigenvalue weighted by atomic mass is 35.5. The molecule has 124 valence electrons. The zero-order valence-electron chi connectivity index (χ0n) is 13.0. The van der Waals surface area contributed by atoms with Crippen molar-refractivity contribution < 1.29 is 14.4 Å². The Labute approximate surface area is 141 Å². The van der Waals surface area contributed by atoms with Gasteiger partial charge in [0, 0.05) is 31.2 Å². The van der Waals surface area contributed by atoms with Crippen molar-refractivity contribution in [1.82, 2.24) is 5.32 Å². The molecule has 2 aliphatic rings. The Kier molecular flexibility index (Phi) is 5.51. The Morgan fingerprint density at radius 1 is 1.35 bits per heavy atom. The molecule has 1 amide bonds. The standard InChI is InChI=1S/C17H21ClN2O3/c18-14-5-3-13(4-6-14)15-10-16(23-20-15)17(21)19-8-1-2-12-7-9-22-11-12/h3-6,12,16H,1-2,7-11H2,(H,19,21)/t12-,16+/m1/s1. The van der Waals surface area contributed by atoms with Gasteiger partial charge in [0.2, 0.25) is 6.10 Å². The van der Waals surface area contributed by atoms with Crippen LogP contribution in [0.25, 0.3) is 0 Å². The third-order valence-electron chi connectivity index (χ3n) is 4.25. The number of ether oxygens (including phenoxy) is 1. The molecule has 1 aromatic carbocycles. The Balaban J connectivity index is 1.39. The summed E-state index contributed by atoms with van der Waals surface area (Å²) in [5.74, 6) is 0.551. The van der Waals surface area contributed by atoms with Crippen molar-refractivity contribution in [1.29, 1.82) is 0 Å². The van der Waals surface area contributed by atoms with Gasteiger partial charge < -0.3 is 14.9 Å². The van der Waals surface area contributed by atoms with E-state index in [1.807, 2.05) is 12.1 Å². The van der Waals surface area contributed by atoms with Gasteiger partial charge in [-0.1, -0.05) is 28.9 Å². The normalized spacial score (nSPS) is 23.4. The van der Waals surface area contributed by atoms with Crippen LogP contribution in [0.4, 0.5) is 0 Å². The molecule has 0 spiro atoms. The van der Waals surface area contributed by atoms with Crippen LogP contribution in [0, 0.1) is 5.92 Å². The number of hydrogen-bond acceptors (Lipinski definition) is 4. The first-order chi connectivity index (χ1) is 11.2. The molecule has 0 saturated carbocycles. The van der Waals surface area contributed by atoms with E-state index < -0.39 is 6.10 Å². The Morgan fingerprint density at radius 3 is 2.91 bits per heavy atom. The van der Waals surface area contributed by atoms with E-state index in [2.05, 4.69) is 10.5 Å². The summed E-state index contributed by atoms with van der Waals surface area (Å²) < 4.78 is 5.35. The minimum atomic E-state index is -0.532. The average molecular weight is 337 g/mol. The number of rotatable bonds is 6. The highest BCUT2D eigenvalue weighted by Crippen LogP contribution is 2.19. The molecule has 2 heterocycles. The fourth-order valence-corrected chi connectivity index (χ4v) is 2.98. The van der Waals surface area contributed by atoms with Crippen molar-refractivity contribution in [3.63, 3.8) is 0 Å². The molecule has 1 fully saturated rings. The van der Waals surface area contributed by atoms with E-state index in [0.717, 1.165) is 43.8 Å². The molecule has 0 unspecified atom stereocenters. The highest BCUT2D eigenvalue weighted by Gasteiger charge is 2.28. The average Bonchev–Trinajstić information content (AvgIpc) is 3.24. The molecule has 5 nitrogen and oxygen atoms in total. The van der Waals surface area contributed by atoms with E-state index in [0.29, 0.717) is 23.9 Å². The molecule has 1 aromatic rings. The van der Waals surface area contributed by atoms with Crippen molar-refractivity contribution in [3.8, 4) is 0 Å². The lowest BCUT2D eigenvalue weighted by Gasteiger charge is -2.11. The Bertz CT molecular complexity index is 568. The van der Waals surface area contributed by atoms with E-state index in [-0.39, 0.29) is 5.91 Å². The van der Waals surface area contributed by atoms with Crippen molar-refractivity contribution in [2.75, 3.05) is 19.8 Å². The summed E-state index contributed by atoms with van der Waals surface area (Å²) in [5, 5.41) is 7.63. The van der Waals surface area contributed by atoms with Crippen LogP contribution in [0.15, 0.2) is 29.4 Å². The van der Waals surface area contributed by atoms with Crippen LogP contribution in [0.2, 0.25) is 5.02 Å². The lowest BCUT2D eigenvalue weighted by Crippen LogP contribution is -2.35. The van der Waals surface area contributed by atoms with Gasteiger partial charge in [0.25, 0.3) is 5.91 Å². The summed E-state index contributed by atoms with van der Waals surface area (Å²) in [4.78, 5) is 17.4. The second kappa shape index (κ2) is 7.79. The van der Waals surface area contributed by atoms with Gasteiger partial charge >= 0.3 is 0 Å². The molecule has 2 atom stereocenters. The van der Waals surface area contributed by atoms with E-state index in [4.69, 9.17) is 21.2 Å². The van der Waals surface area contributed by atoms with Gasteiger partial charge in [-0.2, -0.15) is 0 Å². The number of carbonyl (C=O) groups is 1. The molecule has 3 rings (SSSR count). The second-order valence-electron chi connectivity index (χ2n) is 6.01. The zero-order chi connectivity index (χ0) is 16.1. The summed E-state index contributed by atoms with van der Waals surface area (Å²) in [5.41, 5.74) is 1.72. The van der Waals surface area contributed by atoms with Crippen LogP contribution in [0.3, 0.4) is 0 Å². The summed E-state index contributed by atoms with van der Waals surface area (Å²) in [7, 11) is 0. The summed E-state index contributed by atoms with van der Waals surface area (Å²) in [6, 6.07) is 7.38. The van der Waals surface area contributed by atoms with Gasteiger partial charge in [0.15, 0.2) is 0 Å². The van der Waals surface area contributed by atoms with Crippen LogP contribution in [0.5, 0.6) is 0 Å². The maximum atomic E-state index is 12.1. The van der Waals surface area contributed by atoms with Crippen molar-refractivity contribution in [3.05, 3.63) is 34.9 Å². The summed E-state index contributed by atoms with van der Waals surface area (Å²) in [6.45, 7) is 2.40. The smallest absolute Gasteiger partial charge is 0.264 e. The second-order valence-corrected chi connectivity index (χ2v) is 6.44. The predicted molar refractivity (Wildman–Crippen MR) is 88.6 cm³/mol. The Hall–Kier alpha value is -1.59. The molecule has 0 aromatic heterocycles. The van der Waals surface area contributed by atoms with Crippen molar-refractivity contribution in [2.24, 2.45) is 11.1 Å². The lowest BCUT2D eigenvalue weighted by molar-refractivity contribution is -0.131. The number of oxime groups is 1. The van der Waals surface area contributed by atoms with Gasteiger partial charge in [0.1, 0.15) is 0 Å². The first-order valence-electron chi connectivity index (χ1n) is 8.06. The monoisotopic (exact) mass is 336 g/mol. The van der Waals surface area contributed by atoms with Crippen LogP contribution >= 0.6 is 11.6 Å².